The number of hydrogen-bond donors (Lipinski definition) is 1. The summed E-state index contributed by atoms with van der Waals surface area (Å²) in [5.74, 6) is -0.122. The van der Waals surface area contributed by atoms with Crippen LogP contribution >= 0.6 is 23.7 Å². The molecule has 1 saturated heterocycles. The van der Waals surface area contributed by atoms with Crippen molar-refractivity contribution in [1.82, 2.24) is 15.2 Å². The topological polar surface area (TPSA) is 71.5 Å². The zero-order valence-corrected chi connectivity index (χ0v) is 17.3. The van der Waals surface area contributed by atoms with Crippen LogP contribution in [-0.2, 0) is 20.9 Å². The van der Waals surface area contributed by atoms with Crippen LogP contribution < -0.4 is 5.32 Å². The number of carbonyl (C=O) groups excluding carboxylic acids is 2. The summed E-state index contributed by atoms with van der Waals surface area (Å²) in [6.45, 7) is 6.05. The molecule has 1 aliphatic heterocycles. The van der Waals surface area contributed by atoms with E-state index in [2.05, 4.69) is 10.3 Å². The molecule has 6 nitrogen and oxygen atoms in total. The summed E-state index contributed by atoms with van der Waals surface area (Å²) in [6.07, 6.45) is 1.76. The number of nitrogens with one attached hydrogen (secondary N) is 1. The standard InChI is InChI=1S/C19H25N3O3S.ClH/c1-3-25-17(23)5-4-10-22(18(24)19(2)8-9-21-19)12-14-6-7-16-15(11-14)20-13-26-16;/h6-7,11,13,21H,3-5,8-10,12H2,1-2H3;1H. The van der Waals surface area contributed by atoms with Gasteiger partial charge in [0.25, 0.3) is 0 Å². The maximum atomic E-state index is 13.0. The molecule has 0 saturated carbocycles. The lowest BCUT2D eigenvalue weighted by Gasteiger charge is -2.42. The van der Waals surface area contributed by atoms with Gasteiger partial charge in [0, 0.05) is 19.5 Å². The van der Waals surface area contributed by atoms with Gasteiger partial charge in [-0.25, -0.2) is 4.98 Å². The van der Waals surface area contributed by atoms with Crippen molar-refractivity contribution < 1.29 is 14.3 Å². The number of rotatable bonds is 8. The van der Waals surface area contributed by atoms with Gasteiger partial charge in [0.15, 0.2) is 0 Å². The molecule has 0 aliphatic carbocycles. The smallest absolute Gasteiger partial charge is 0.305 e. The van der Waals surface area contributed by atoms with E-state index in [1.54, 1.807) is 18.3 Å². The first-order valence-electron chi connectivity index (χ1n) is 9.04. The Hall–Kier alpha value is -1.70. The number of thiazole rings is 1. The molecule has 1 aromatic carbocycles. The van der Waals surface area contributed by atoms with Crippen LogP contribution in [0.4, 0.5) is 0 Å². The molecule has 2 heterocycles. The molecule has 27 heavy (non-hydrogen) atoms. The number of fused-ring (bicyclic) bond motifs is 1. The fourth-order valence-corrected chi connectivity index (χ4v) is 3.81. The zero-order valence-electron chi connectivity index (χ0n) is 15.7. The molecule has 8 heteroatoms. The predicted molar refractivity (Wildman–Crippen MR) is 109 cm³/mol. The average molecular weight is 412 g/mol. The Morgan fingerprint density at radius 1 is 1.41 bits per heavy atom. The zero-order chi connectivity index (χ0) is 18.6. The van der Waals surface area contributed by atoms with Gasteiger partial charge in [-0.2, -0.15) is 0 Å². The van der Waals surface area contributed by atoms with Crippen LogP contribution in [-0.4, -0.2) is 47.0 Å². The van der Waals surface area contributed by atoms with Gasteiger partial charge in [-0.15, -0.1) is 23.7 Å². The molecule has 1 unspecified atom stereocenters. The number of amides is 1. The molecule has 2 aromatic rings. The highest BCUT2D eigenvalue weighted by Gasteiger charge is 2.41. The van der Waals surface area contributed by atoms with E-state index in [0.29, 0.717) is 32.5 Å². The average Bonchev–Trinajstić information content (AvgIpc) is 3.06. The monoisotopic (exact) mass is 411 g/mol. The third-order valence-electron chi connectivity index (χ3n) is 4.78. The Morgan fingerprint density at radius 2 is 2.19 bits per heavy atom. The minimum atomic E-state index is -0.491. The van der Waals surface area contributed by atoms with E-state index in [1.807, 2.05) is 35.5 Å². The lowest BCUT2D eigenvalue weighted by Crippen LogP contribution is -2.64. The van der Waals surface area contributed by atoms with E-state index in [9.17, 15) is 9.59 Å². The molecule has 3 rings (SSSR count). The third-order valence-corrected chi connectivity index (χ3v) is 5.59. The quantitative estimate of drug-likeness (QED) is 0.675. The molecule has 1 amide bonds. The van der Waals surface area contributed by atoms with Gasteiger partial charge in [-0.05, 0) is 50.9 Å². The number of ether oxygens (including phenoxy) is 1. The third kappa shape index (κ3) is 5.18. The largest absolute Gasteiger partial charge is 0.466 e. The number of esters is 1. The highest BCUT2D eigenvalue weighted by molar-refractivity contribution is 7.16. The van der Waals surface area contributed by atoms with Gasteiger partial charge in [0.2, 0.25) is 5.91 Å². The highest BCUT2D eigenvalue weighted by Crippen LogP contribution is 2.24. The second-order valence-corrected chi connectivity index (χ2v) is 7.68. The van der Waals surface area contributed by atoms with Crippen LogP contribution in [0.15, 0.2) is 23.7 Å². The molecular weight excluding hydrogens is 386 g/mol. The lowest BCUT2D eigenvalue weighted by atomic mass is 9.88. The van der Waals surface area contributed by atoms with Crippen LogP contribution in [0.2, 0.25) is 0 Å². The molecule has 0 spiro atoms. The highest BCUT2D eigenvalue weighted by atomic mass is 35.5. The Balaban J connectivity index is 0.00000261. The van der Waals surface area contributed by atoms with Crippen molar-refractivity contribution in [2.24, 2.45) is 0 Å². The summed E-state index contributed by atoms with van der Waals surface area (Å²) in [7, 11) is 0. The van der Waals surface area contributed by atoms with Crippen LogP contribution in [0.5, 0.6) is 0 Å². The minimum absolute atomic E-state index is 0. The summed E-state index contributed by atoms with van der Waals surface area (Å²) >= 11 is 1.61. The van der Waals surface area contributed by atoms with Crippen LogP contribution in [0.25, 0.3) is 10.2 Å². The van der Waals surface area contributed by atoms with Gasteiger partial charge in [-0.3, -0.25) is 9.59 Å². The van der Waals surface area contributed by atoms with Gasteiger partial charge in [0.05, 0.1) is 27.9 Å². The van der Waals surface area contributed by atoms with Crippen molar-refractivity contribution >= 4 is 45.8 Å². The van der Waals surface area contributed by atoms with Gasteiger partial charge >= 0.3 is 5.97 Å². The first-order valence-corrected chi connectivity index (χ1v) is 9.92. The van der Waals surface area contributed by atoms with Gasteiger partial charge < -0.3 is 15.0 Å². The summed E-state index contributed by atoms with van der Waals surface area (Å²) in [6, 6.07) is 6.13. The SMILES string of the molecule is CCOC(=O)CCCN(Cc1ccc2scnc2c1)C(=O)C1(C)CCN1.Cl. The van der Waals surface area contributed by atoms with E-state index < -0.39 is 5.54 Å². The Kier molecular flexibility index (Phi) is 7.59. The van der Waals surface area contributed by atoms with Gasteiger partial charge in [-0.1, -0.05) is 6.07 Å². The van der Waals surface area contributed by atoms with E-state index in [4.69, 9.17) is 4.74 Å². The molecule has 148 valence electrons. The molecule has 1 atom stereocenters. The Labute approximate surface area is 169 Å². The summed E-state index contributed by atoms with van der Waals surface area (Å²) < 4.78 is 6.12. The lowest BCUT2D eigenvalue weighted by molar-refractivity contribution is -0.145. The number of halogens is 1. The predicted octanol–water partition coefficient (Wildman–Crippen LogP) is 3.14. The fraction of sp³-hybridized carbons (Fsp3) is 0.526. The first kappa shape index (κ1) is 21.6. The number of aromatic nitrogens is 1. The molecule has 1 N–H and O–H groups in total. The normalized spacial score (nSPS) is 18.4. The van der Waals surface area contributed by atoms with Crippen molar-refractivity contribution in [3.8, 4) is 0 Å². The summed E-state index contributed by atoms with van der Waals surface area (Å²) in [4.78, 5) is 30.8. The van der Waals surface area contributed by atoms with Gasteiger partial charge in [0.1, 0.15) is 0 Å². The number of hydrogen-bond acceptors (Lipinski definition) is 6. The van der Waals surface area contributed by atoms with Crippen molar-refractivity contribution in [1.29, 1.82) is 0 Å². The maximum Gasteiger partial charge on any atom is 0.305 e. The van der Waals surface area contributed by atoms with Crippen LogP contribution in [0, 0.1) is 0 Å². The number of benzene rings is 1. The van der Waals surface area contributed by atoms with E-state index in [-0.39, 0.29) is 24.3 Å². The molecular formula is C19H26ClN3O3S. The number of nitrogens with zero attached hydrogens (tertiary/aromatic N) is 2. The molecule has 1 aliphatic rings. The van der Waals surface area contributed by atoms with E-state index >= 15 is 0 Å². The van der Waals surface area contributed by atoms with E-state index in [0.717, 1.165) is 28.7 Å². The van der Waals surface area contributed by atoms with Crippen LogP contribution in [0.1, 0.15) is 38.7 Å². The molecule has 1 aromatic heterocycles. The Bertz CT molecular complexity index is 791. The first-order chi connectivity index (χ1) is 12.5. The van der Waals surface area contributed by atoms with Crippen LogP contribution in [0.3, 0.4) is 0 Å². The minimum Gasteiger partial charge on any atom is -0.466 e. The van der Waals surface area contributed by atoms with Crippen molar-refractivity contribution in [2.75, 3.05) is 19.7 Å². The second-order valence-electron chi connectivity index (χ2n) is 6.80. The molecule has 0 bridgehead atoms. The van der Waals surface area contributed by atoms with Crippen molar-refractivity contribution in [3.05, 3.63) is 29.3 Å². The summed E-state index contributed by atoms with van der Waals surface area (Å²) in [5, 5.41) is 3.24. The van der Waals surface area contributed by atoms with Crippen molar-refractivity contribution in [3.63, 3.8) is 0 Å². The van der Waals surface area contributed by atoms with Crippen molar-refractivity contribution in [2.45, 2.75) is 45.2 Å². The summed E-state index contributed by atoms with van der Waals surface area (Å²) in [5.41, 5.74) is 3.35. The molecule has 0 radical (unpaired) electrons. The molecule has 1 fully saturated rings. The fourth-order valence-electron chi connectivity index (χ4n) is 3.15. The Morgan fingerprint density at radius 3 is 2.85 bits per heavy atom. The number of carbonyl (C=O) groups is 2. The second kappa shape index (κ2) is 9.48. The maximum absolute atomic E-state index is 13.0. The van der Waals surface area contributed by atoms with E-state index in [1.165, 1.54) is 0 Å².